The number of hydrogen-bond acceptors (Lipinski definition) is 2. The Hall–Kier alpha value is -1.38. The Labute approximate surface area is 59.6 Å². The van der Waals surface area contributed by atoms with Gasteiger partial charge in [0.05, 0.1) is 6.34 Å². The van der Waals surface area contributed by atoms with Gasteiger partial charge in [0.1, 0.15) is 5.82 Å². The van der Waals surface area contributed by atoms with Gasteiger partial charge in [0.25, 0.3) is 0 Å². The number of rotatable bonds is 2. The number of nitrogens with zero attached hydrogens (tertiary/aromatic N) is 1. The van der Waals surface area contributed by atoms with Crippen LogP contribution in [0.1, 0.15) is 5.69 Å². The van der Waals surface area contributed by atoms with Crippen LogP contribution in [0.15, 0.2) is 18.2 Å². The minimum Gasteiger partial charge on any atom is -0.332 e. The van der Waals surface area contributed by atoms with E-state index in [0.29, 0.717) is 0 Å². The molecule has 1 heterocycles. The average molecular weight is 135 g/mol. The van der Waals surface area contributed by atoms with Gasteiger partial charge in [-0.2, -0.15) is 0 Å². The standard InChI is InChI=1S/C7H9N3/c1-6-3-2-4-7(10-6)9-5-8/h2-5H,1H3,(H2,8,9,10). The van der Waals surface area contributed by atoms with Crippen molar-refractivity contribution in [3.63, 3.8) is 0 Å². The first-order chi connectivity index (χ1) is 4.83. The number of anilines is 1. The van der Waals surface area contributed by atoms with Crippen molar-refractivity contribution in [1.29, 1.82) is 5.41 Å². The van der Waals surface area contributed by atoms with Gasteiger partial charge < -0.3 is 5.32 Å². The van der Waals surface area contributed by atoms with Gasteiger partial charge in [-0.05, 0) is 19.1 Å². The summed E-state index contributed by atoms with van der Waals surface area (Å²) in [6.45, 7) is 1.91. The lowest BCUT2D eigenvalue weighted by Gasteiger charge is -1.97. The number of nitrogens with one attached hydrogen (secondary N) is 2. The van der Waals surface area contributed by atoms with E-state index in [1.807, 2.05) is 25.1 Å². The zero-order valence-corrected chi connectivity index (χ0v) is 5.76. The monoisotopic (exact) mass is 135 g/mol. The Bertz CT molecular complexity index is 232. The van der Waals surface area contributed by atoms with E-state index in [1.165, 1.54) is 0 Å². The minimum absolute atomic E-state index is 0.718. The van der Waals surface area contributed by atoms with Crippen LogP contribution in [0.3, 0.4) is 0 Å². The zero-order valence-electron chi connectivity index (χ0n) is 5.76. The molecule has 3 nitrogen and oxygen atoms in total. The summed E-state index contributed by atoms with van der Waals surface area (Å²) >= 11 is 0. The Morgan fingerprint density at radius 2 is 2.40 bits per heavy atom. The first-order valence-corrected chi connectivity index (χ1v) is 3.02. The molecule has 0 atom stereocenters. The van der Waals surface area contributed by atoms with Gasteiger partial charge in [0.15, 0.2) is 0 Å². The summed E-state index contributed by atoms with van der Waals surface area (Å²) in [6, 6.07) is 5.63. The van der Waals surface area contributed by atoms with Gasteiger partial charge >= 0.3 is 0 Å². The summed E-state index contributed by atoms with van der Waals surface area (Å²) < 4.78 is 0. The predicted octanol–water partition coefficient (Wildman–Crippen LogP) is 1.41. The summed E-state index contributed by atoms with van der Waals surface area (Å²) in [4.78, 5) is 4.10. The third-order valence-corrected chi connectivity index (χ3v) is 1.11. The van der Waals surface area contributed by atoms with Gasteiger partial charge in [0.2, 0.25) is 0 Å². The highest BCUT2D eigenvalue weighted by atomic mass is 15.0. The normalized spacial score (nSPS) is 8.90. The molecule has 3 heteroatoms. The second kappa shape index (κ2) is 2.96. The van der Waals surface area contributed by atoms with Crippen LogP contribution in [-0.4, -0.2) is 11.3 Å². The number of aryl methyl sites for hydroxylation is 1. The van der Waals surface area contributed by atoms with Crippen molar-refractivity contribution in [2.24, 2.45) is 0 Å². The molecule has 1 rings (SSSR count). The summed E-state index contributed by atoms with van der Waals surface area (Å²) in [6.07, 6.45) is 1.11. The van der Waals surface area contributed by atoms with Crippen molar-refractivity contribution in [3.05, 3.63) is 23.9 Å². The Balaban J connectivity index is 2.84. The van der Waals surface area contributed by atoms with Crippen molar-refractivity contribution in [3.8, 4) is 0 Å². The molecule has 1 aromatic heterocycles. The molecule has 0 unspecified atom stereocenters. The fraction of sp³-hybridized carbons (Fsp3) is 0.143. The molecule has 0 saturated carbocycles. The van der Waals surface area contributed by atoms with Crippen LogP contribution < -0.4 is 5.32 Å². The molecule has 0 saturated heterocycles. The highest BCUT2D eigenvalue weighted by Crippen LogP contribution is 2.01. The maximum Gasteiger partial charge on any atom is 0.131 e. The Morgan fingerprint density at radius 3 is 3.00 bits per heavy atom. The summed E-state index contributed by atoms with van der Waals surface area (Å²) in [7, 11) is 0. The average Bonchev–Trinajstić information content (AvgIpc) is 1.88. The lowest BCUT2D eigenvalue weighted by molar-refractivity contribution is 1.20. The second-order valence-electron chi connectivity index (χ2n) is 1.95. The molecule has 1 aromatic rings. The summed E-state index contributed by atoms with van der Waals surface area (Å²) in [5.74, 6) is 0.718. The third-order valence-electron chi connectivity index (χ3n) is 1.11. The molecule has 0 radical (unpaired) electrons. The van der Waals surface area contributed by atoms with E-state index in [2.05, 4.69) is 10.3 Å². The summed E-state index contributed by atoms with van der Waals surface area (Å²) in [5.41, 5.74) is 0.951. The van der Waals surface area contributed by atoms with Gasteiger partial charge in [-0.25, -0.2) is 4.98 Å². The molecule has 0 spiro atoms. The molecular formula is C7H9N3. The van der Waals surface area contributed by atoms with Crippen molar-refractivity contribution in [2.45, 2.75) is 6.92 Å². The molecular weight excluding hydrogens is 126 g/mol. The first kappa shape index (κ1) is 6.74. The minimum atomic E-state index is 0.718. The molecule has 0 fully saturated rings. The quantitative estimate of drug-likeness (QED) is 0.475. The topological polar surface area (TPSA) is 48.8 Å². The SMILES string of the molecule is Cc1cccc(NC=N)n1. The van der Waals surface area contributed by atoms with Crippen molar-refractivity contribution >= 4 is 12.2 Å². The zero-order chi connectivity index (χ0) is 7.40. The molecule has 10 heavy (non-hydrogen) atoms. The van der Waals surface area contributed by atoms with Crippen LogP contribution in [0.4, 0.5) is 5.82 Å². The van der Waals surface area contributed by atoms with Crippen molar-refractivity contribution < 1.29 is 0 Å². The lowest BCUT2D eigenvalue weighted by Crippen LogP contribution is -1.96. The van der Waals surface area contributed by atoms with Crippen LogP contribution >= 0.6 is 0 Å². The van der Waals surface area contributed by atoms with Gasteiger partial charge in [-0.3, -0.25) is 5.41 Å². The molecule has 0 amide bonds. The van der Waals surface area contributed by atoms with Gasteiger partial charge in [-0.15, -0.1) is 0 Å². The van der Waals surface area contributed by atoms with Gasteiger partial charge in [-0.1, -0.05) is 6.07 Å². The van der Waals surface area contributed by atoms with E-state index >= 15 is 0 Å². The molecule has 0 aromatic carbocycles. The second-order valence-corrected chi connectivity index (χ2v) is 1.95. The van der Waals surface area contributed by atoms with E-state index in [4.69, 9.17) is 5.41 Å². The number of hydrogen-bond donors (Lipinski definition) is 2. The smallest absolute Gasteiger partial charge is 0.131 e. The van der Waals surface area contributed by atoms with Crippen LogP contribution in [0, 0.1) is 12.3 Å². The van der Waals surface area contributed by atoms with Crippen LogP contribution in [0.25, 0.3) is 0 Å². The first-order valence-electron chi connectivity index (χ1n) is 3.02. The predicted molar refractivity (Wildman–Crippen MR) is 41.4 cm³/mol. The third kappa shape index (κ3) is 1.55. The Morgan fingerprint density at radius 1 is 1.60 bits per heavy atom. The number of pyridine rings is 1. The molecule has 0 aliphatic rings. The van der Waals surface area contributed by atoms with Crippen molar-refractivity contribution in [1.82, 2.24) is 4.98 Å². The Kier molecular flexibility index (Phi) is 1.99. The van der Waals surface area contributed by atoms with Crippen LogP contribution in [-0.2, 0) is 0 Å². The van der Waals surface area contributed by atoms with E-state index in [0.717, 1.165) is 17.9 Å². The van der Waals surface area contributed by atoms with E-state index in [-0.39, 0.29) is 0 Å². The number of aromatic nitrogens is 1. The maximum atomic E-state index is 6.73. The maximum absolute atomic E-state index is 6.73. The molecule has 0 aliphatic heterocycles. The largest absolute Gasteiger partial charge is 0.332 e. The molecule has 52 valence electrons. The molecule has 0 aliphatic carbocycles. The van der Waals surface area contributed by atoms with Crippen molar-refractivity contribution in [2.75, 3.05) is 5.32 Å². The fourth-order valence-corrected chi connectivity index (χ4v) is 0.697. The van der Waals surface area contributed by atoms with Gasteiger partial charge in [0, 0.05) is 5.69 Å². The molecule has 0 bridgehead atoms. The van der Waals surface area contributed by atoms with E-state index < -0.39 is 0 Å². The van der Waals surface area contributed by atoms with Crippen LogP contribution in [0.5, 0.6) is 0 Å². The van der Waals surface area contributed by atoms with Crippen LogP contribution in [0.2, 0.25) is 0 Å². The lowest BCUT2D eigenvalue weighted by atomic mass is 10.4. The highest BCUT2D eigenvalue weighted by Gasteiger charge is 1.87. The fourth-order valence-electron chi connectivity index (χ4n) is 0.697. The summed E-state index contributed by atoms with van der Waals surface area (Å²) in [5, 5.41) is 9.41. The molecule has 2 N–H and O–H groups in total. The highest BCUT2D eigenvalue weighted by molar-refractivity contribution is 5.70. The van der Waals surface area contributed by atoms with E-state index in [1.54, 1.807) is 0 Å². The van der Waals surface area contributed by atoms with E-state index in [9.17, 15) is 0 Å².